The average molecular weight is 331 g/mol. The van der Waals surface area contributed by atoms with Gasteiger partial charge in [-0.3, -0.25) is 14.5 Å². The molecule has 1 fully saturated rings. The van der Waals surface area contributed by atoms with Crippen molar-refractivity contribution < 1.29 is 23.2 Å². The summed E-state index contributed by atoms with van der Waals surface area (Å²) in [5.41, 5.74) is 0.795. The van der Waals surface area contributed by atoms with Crippen LogP contribution >= 0.6 is 0 Å². The fraction of sp³-hybridized carbons (Fsp3) is 0.312. The number of amides is 4. The molecule has 1 aliphatic heterocycles. The molecular formula is C16H17N3O5. The van der Waals surface area contributed by atoms with Gasteiger partial charge in [-0.05, 0) is 25.1 Å². The number of carbonyl (C=O) groups is 3. The molecule has 0 spiro atoms. The molecule has 24 heavy (non-hydrogen) atoms. The van der Waals surface area contributed by atoms with Gasteiger partial charge >= 0.3 is 17.8 Å². The van der Waals surface area contributed by atoms with E-state index in [0.717, 1.165) is 10.5 Å². The van der Waals surface area contributed by atoms with E-state index in [4.69, 9.17) is 8.83 Å². The summed E-state index contributed by atoms with van der Waals surface area (Å²) in [4.78, 5) is 38.2. The maximum atomic E-state index is 12.1. The molecule has 0 unspecified atom stereocenters. The highest BCUT2D eigenvalue weighted by Crippen LogP contribution is 2.22. The fourth-order valence-electron chi connectivity index (χ4n) is 2.46. The number of imide groups is 1. The Kier molecular flexibility index (Phi) is 4.37. The van der Waals surface area contributed by atoms with Crippen LogP contribution in [-0.4, -0.2) is 47.3 Å². The first-order valence-electron chi connectivity index (χ1n) is 7.60. The lowest BCUT2D eigenvalue weighted by atomic mass is 10.3. The molecule has 0 bridgehead atoms. The van der Waals surface area contributed by atoms with E-state index in [9.17, 15) is 14.4 Å². The van der Waals surface area contributed by atoms with Gasteiger partial charge < -0.3 is 19.1 Å². The van der Waals surface area contributed by atoms with Crippen LogP contribution in [0.25, 0.3) is 11.3 Å². The molecule has 0 atom stereocenters. The Morgan fingerprint density at radius 2 is 2.04 bits per heavy atom. The largest absolute Gasteiger partial charge is 0.472 e. The van der Waals surface area contributed by atoms with Crippen molar-refractivity contribution in [1.82, 2.24) is 15.1 Å². The molecule has 1 aliphatic rings. The van der Waals surface area contributed by atoms with Crippen molar-refractivity contribution in [2.75, 3.05) is 19.6 Å². The molecular weight excluding hydrogens is 314 g/mol. The smallest absolute Gasteiger partial charge is 0.324 e. The maximum absolute atomic E-state index is 12.1. The van der Waals surface area contributed by atoms with Crippen LogP contribution in [0.5, 0.6) is 0 Å². The van der Waals surface area contributed by atoms with Crippen molar-refractivity contribution in [3.05, 3.63) is 36.5 Å². The van der Waals surface area contributed by atoms with Crippen LogP contribution < -0.4 is 5.32 Å². The van der Waals surface area contributed by atoms with Gasteiger partial charge in [0.05, 0.1) is 18.4 Å². The summed E-state index contributed by atoms with van der Waals surface area (Å²) >= 11 is 0. The van der Waals surface area contributed by atoms with Gasteiger partial charge in [0.2, 0.25) is 0 Å². The topological polar surface area (TPSA) is 96.0 Å². The monoisotopic (exact) mass is 331 g/mol. The first kappa shape index (κ1) is 15.9. The highest BCUT2D eigenvalue weighted by Gasteiger charge is 2.35. The number of nitrogens with zero attached hydrogens (tertiary/aromatic N) is 2. The summed E-state index contributed by atoms with van der Waals surface area (Å²) < 4.78 is 10.6. The molecule has 0 saturated carbocycles. The Hall–Kier alpha value is -3.03. The Balaban J connectivity index is 1.58. The van der Waals surface area contributed by atoms with Crippen molar-refractivity contribution >= 4 is 17.8 Å². The van der Waals surface area contributed by atoms with Crippen LogP contribution in [0, 0.1) is 0 Å². The summed E-state index contributed by atoms with van der Waals surface area (Å²) in [5.74, 6) is -0.306. The quantitative estimate of drug-likeness (QED) is 0.855. The molecule has 0 aromatic carbocycles. The normalized spacial score (nSPS) is 15.0. The summed E-state index contributed by atoms with van der Waals surface area (Å²) in [5, 5.41) is 2.59. The highest BCUT2D eigenvalue weighted by atomic mass is 16.3. The second-order valence-corrected chi connectivity index (χ2v) is 5.28. The first-order chi connectivity index (χ1) is 11.6. The van der Waals surface area contributed by atoms with Crippen LogP contribution in [0.15, 0.2) is 39.6 Å². The number of carbonyl (C=O) groups excluding carboxylic acids is 3. The number of nitrogens with one attached hydrogen (secondary N) is 1. The zero-order valence-electron chi connectivity index (χ0n) is 13.2. The molecule has 1 N–H and O–H groups in total. The number of furan rings is 2. The lowest BCUT2D eigenvalue weighted by molar-refractivity contribution is -0.153. The minimum atomic E-state index is -0.806. The van der Waals surface area contributed by atoms with E-state index >= 15 is 0 Å². The lowest BCUT2D eigenvalue weighted by Crippen LogP contribution is -2.58. The zero-order valence-corrected chi connectivity index (χ0v) is 13.2. The molecule has 3 rings (SSSR count). The van der Waals surface area contributed by atoms with Crippen LogP contribution in [0.2, 0.25) is 0 Å². The number of rotatable bonds is 4. The molecule has 0 aliphatic carbocycles. The molecule has 2 aromatic heterocycles. The average Bonchev–Trinajstić information content (AvgIpc) is 3.26. The number of hydrogen-bond donors (Lipinski definition) is 1. The standard InChI is InChI=1S/C16H17N3O5/c1-2-18-6-7-19(15(21)14(18)20)16(22)17-9-12-3-4-13(24-12)11-5-8-23-10-11/h3-5,8,10H,2,6-7,9H2,1H3,(H,17,22). The number of piperazine rings is 1. The van der Waals surface area contributed by atoms with Gasteiger partial charge in [0.15, 0.2) is 0 Å². The van der Waals surface area contributed by atoms with Crippen molar-refractivity contribution in [3.63, 3.8) is 0 Å². The molecule has 0 radical (unpaired) electrons. The van der Waals surface area contributed by atoms with Crippen molar-refractivity contribution in [3.8, 4) is 11.3 Å². The second kappa shape index (κ2) is 6.61. The predicted octanol–water partition coefficient (Wildman–Crippen LogP) is 1.44. The third kappa shape index (κ3) is 3.03. The summed E-state index contributed by atoms with van der Waals surface area (Å²) in [6.07, 6.45) is 3.09. The van der Waals surface area contributed by atoms with Crippen LogP contribution in [-0.2, 0) is 16.1 Å². The minimum Gasteiger partial charge on any atom is -0.472 e. The molecule has 2 aromatic rings. The molecule has 8 nitrogen and oxygen atoms in total. The Morgan fingerprint density at radius 1 is 1.21 bits per heavy atom. The Morgan fingerprint density at radius 3 is 2.75 bits per heavy atom. The van der Waals surface area contributed by atoms with E-state index < -0.39 is 17.8 Å². The highest BCUT2D eigenvalue weighted by molar-refractivity contribution is 6.38. The molecule has 8 heteroatoms. The zero-order chi connectivity index (χ0) is 17.1. The summed E-state index contributed by atoms with van der Waals surface area (Å²) in [6.45, 7) is 2.88. The molecule has 126 valence electrons. The summed E-state index contributed by atoms with van der Waals surface area (Å²) in [6, 6.07) is 4.65. The van der Waals surface area contributed by atoms with E-state index in [0.29, 0.717) is 24.6 Å². The van der Waals surface area contributed by atoms with Gasteiger partial charge in [-0.25, -0.2) is 4.79 Å². The van der Waals surface area contributed by atoms with Crippen LogP contribution in [0.3, 0.4) is 0 Å². The van der Waals surface area contributed by atoms with Gasteiger partial charge in [-0.2, -0.15) is 0 Å². The molecule has 1 saturated heterocycles. The van der Waals surface area contributed by atoms with Gasteiger partial charge in [-0.1, -0.05) is 0 Å². The van der Waals surface area contributed by atoms with Gasteiger partial charge in [0, 0.05) is 19.6 Å². The van der Waals surface area contributed by atoms with Gasteiger partial charge in [0.1, 0.15) is 17.8 Å². The second-order valence-electron chi connectivity index (χ2n) is 5.28. The van der Waals surface area contributed by atoms with E-state index in [2.05, 4.69) is 5.32 Å². The van der Waals surface area contributed by atoms with Crippen LogP contribution in [0.4, 0.5) is 4.79 Å². The molecule has 3 heterocycles. The first-order valence-corrected chi connectivity index (χ1v) is 7.60. The Bertz CT molecular complexity index is 750. The van der Waals surface area contributed by atoms with E-state index in [1.165, 1.54) is 11.2 Å². The van der Waals surface area contributed by atoms with Crippen molar-refractivity contribution in [2.24, 2.45) is 0 Å². The number of hydrogen-bond acceptors (Lipinski definition) is 5. The third-order valence-corrected chi connectivity index (χ3v) is 3.82. The lowest BCUT2D eigenvalue weighted by Gasteiger charge is -2.31. The SMILES string of the molecule is CCN1CCN(C(=O)NCc2ccc(-c3ccoc3)o2)C(=O)C1=O. The molecule has 4 amide bonds. The Labute approximate surface area is 138 Å². The number of likely N-dealkylation sites (N-methyl/N-ethyl adjacent to an activating group) is 1. The minimum absolute atomic E-state index is 0.117. The van der Waals surface area contributed by atoms with Gasteiger partial charge in [-0.15, -0.1) is 0 Å². The van der Waals surface area contributed by atoms with E-state index in [-0.39, 0.29) is 13.1 Å². The summed E-state index contributed by atoms with van der Waals surface area (Å²) in [7, 11) is 0. The fourth-order valence-corrected chi connectivity index (χ4v) is 2.46. The number of urea groups is 1. The van der Waals surface area contributed by atoms with E-state index in [1.807, 2.05) is 0 Å². The van der Waals surface area contributed by atoms with E-state index in [1.54, 1.807) is 31.4 Å². The third-order valence-electron chi connectivity index (χ3n) is 3.82. The maximum Gasteiger partial charge on any atom is 0.324 e. The predicted molar refractivity (Wildman–Crippen MR) is 82.6 cm³/mol. The van der Waals surface area contributed by atoms with Crippen molar-refractivity contribution in [2.45, 2.75) is 13.5 Å². The van der Waals surface area contributed by atoms with Crippen molar-refractivity contribution in [1.29, 1.82) is 0 Å². The van der Waals surface area contributed by atoms with Crippen LogP contribution in [0.1, 0.15) is 12.7 Å². The van der Waals surface area contributed by atoms with Gasteiger partial charge in [0.25, 0.3) is 0 Å².